The minimum absolute atomic E-state index is 0.0119. The van der Waals surface area contributed by atoms with Gasteiger partial charge in [-0.3, -0.25) is 4.79 Å². The lowest BCUT2D eigenvalue weighted by Crippen LogP contribution is -2.36. The maximum absolute atomic E-state index is 14.0. The lowest BCUT2D eigenvalue weighted by atomic mass is 9.71. The topological polar surface area (TPSA) is 64.6 Å². The number of hydrogen-bond acceptors (Lipinski definition) is 5. The third kappa shape index (κ3) is 5.85. The summed E-state index contributed by atoms with van der Waals surface area (Å²) in [4.78, 5) is 27.6. The van der Waals surface area contributed by atoms with Gasteiger partial charge in [0, 0.05) is 34.0 Å². The SMILES string of the molecule is CC[C@@H](C)OC(=O)C1=C(C)NC2=C(C(=O)C[C@H](c3ccc(Cl)cc3)C2)[C@H]1c1ccccc1OCc1ccccc1. The van der Waals surface area contributed by atoms with Crippen molar-refractivity contribution < 1.29 is 19.1 Å². The third-order valence-electron chi connectivity index (χ3n) is 7.74. The number of nitrogens with one attached hydrogen (secondary N) is 1. The Hall–Kier alpha value is -3.83. The van der Waals surface area contributed by atoms with E-state index in [9.17, 15) is 9.59 Å². The molecular formula is C34H34ClNO4. The number of halogens is 1. The standard InChI is InChI=1S/C34H34ClNO4/c1-4-21(2)40-34(38)31-22(3)36-28-18-25(24-14-16-26(35)17-15-24)19-29(37)33(28)32(31)27-12-8-9-13-30(27)39-20-23-10-6-5-7-11-23/h5-17,21,25,32,36H,4,18-20H2,1-3H3/t21-,25-,32+/m1/s1. The Balaban J connectivity index is 1.57. The smallest absolute Gasteiger partial charge is 0.337 e. The largest absolute Gasteiger partial charge is 0.489 e. The molecule has 5 rings (SSSR count). The molecule has 6 heteroatoms. The van der Waals surface area contributed by atoms with Gasteiger partial charge in [0.1, 0.15) is 12.4 Å². The highest BCUT2D eigenvalue weighted by Crippen LogP contribution is 2.48. The van der Waals surface area contributed by atoms with Crippen molar-refractivity contribution in [2.45, 2.75) is 64.6 Å². The first-order valence-corrected chi connectivity index (χ1v) is 14.2. The number of para-hydroxylation sites is 1. The van der Waals surface area contributed by atoms with E-state index in [1.165, 1.54) is 0 Å². The number of benzene rings is 3. The fourth-order valence-corrected chi connectivity index (χ4v) is 5.63. The molecule has 206 valence electrons. The minimum atomic E-state index is -0.599. The molecule has 1 heterocycles. The number of allylic oxidation sites excluding steroid dienone is 3. The van der Waals surface area contributed by atoms with E-state index in [1.54, 1.807) is 0 Å². The predicted molar refractivity (Wildman–Crippen MR) is 157 cm³/mol. The molecule has 0 aromatic heterocycles. The summed E-state index contributed by atoms with van der Waals surface area (Å²) in [6, 6.07) is 25.3. The molecule has 5 nitrogen and oxygen atoms in total. The summed E-state index contributed by atoms with van der Waals surface area (Å²) in [6.45, 7) is 6.11. The van der Waals surface area contributed by atoms with Crippen LogP contribution in [0.4, 0.5) is 0 Å². The molecule has 0 fully saturated rings. The molecule has 3 aromatic carbocycles. The molecule has 1 N–H and O–H groups in total. The van der Waals surface area contributed by atoms with Gasteiger partial charge in [0.05, 0.1) is 17.6 Å². The molecule has 0 spiro atoms. The molecule has 3 atom stereocenters. The highest BCUT2D eigenvalue weighted by molar-refractivity contribution is 6.30. The highest BCUT2D eigenvalue weighted by Gasteiger charge is 2.42. The summed E-state index contributed by atoms with van der Waals surface area (Å²) in [7, 11) is 0. The van der Waals surface area contributed by atoms with Crippen molar-refractivity contribution in [3.8, 4) is 5.75 Å². The number of hydrogen-bond donors (Lipinski definition) is 1. The summed E-state index contributed by atoms with van der Waals surface area (Å²) in [5, 5.41) is 4.09. The van der Waals surface area contributed by atoms with Gasteiger partial charge in [-0.1, -0.05) is 79.2 Å². The Kier molecular flexibility index (Phi) is 8.41. The molecule has 0 radical (unpaired) electrons. The number of esters is 1. The van der Waals surface area contributed by atoms with Crippen molar-refractivity contribution in [3.05, 3.63) is 123 Å². The number of carbonyl (C=O) groups excluding carboxylic acids is 2. The van der Waals surface area contributed by atoms with Crippen LogP contribution in [0.25, 0.3) is 0 Å². The number of ether oxygens (including phenoxy) is 2. The highest BCUT2D eigenvalue weighted by atomic mass is 35.5. The molecule has 40 heavy (non-hydrogen) atoms. The van der Waals surface area contributed by atoms with Crippen LogP contribution in [-0.4, -0.2) is 17.9 Å². The van der Waals surface area contributed by atoms with Crippen LogP contribution in [0.1, 0.15) is 68.6 Å². The van der Waals surface area contributed by atoms with Gasteiger partial charge >= 0.3 is 5.97 Å². The number of rotatable bonds is 8. The van der Waals surface area contributed by atoms with Gasteiger partial charge in [0.15, 0.2) is 5.78 Å². The van der Waals surface area contributed by atoms with E-state index in [-0.39, 0.29) is 17.8 Å². The van der Waals surface area contributed by atoms with Crippen molar-refractivity contribution in [2.75, 3.05) is 0 Å². The van der Waals surface area contributed by atoms with Crippen LogP contribution in [0.3, 0.4) is 0 Å². The lowest BCUT2D eigenvalue weighted by Gasteiger charge is -2.37. The Bertz CT molecular complexity index is 1460. The number of dihydropyridines is 1. The van der Waals surface area contributed by atoms with Crippen molar-refractivity contribution in [1.82, 2.24) is 5.32 Å². The number of Topliss-reactive ketones (excluding diaryl/α,β-unsaturated/α-hetero) is 1. The second kappa shape index (κ2) is 12.1. The fraction of sp³-hybridized carbons (Fsp3) is 0.294. The molecule has 3 aromatic rings. The van der Waals surface area contributed by atoms with Crippen LogP contribution in [0.2, 0.25) is 5.02 Å². The average molecular weight is 556 g/mol. The van der Waals surface area contributed by atoms with Gasteiger partial charge in [-0.2, -0.15) is 0 Å². The van der Waals surface area contributed by atoms with Gasteiger partial charge in [-0.05, 0) is 61.9 Å². The first kappa shape index (κ1) is 27.7. The number of ketones is 1. The molecule has 0 amide bonds. The molecule has 1 aliphatic heterocycles. The average Bonchev–Trinajstić information content (AvgIpc) is 2.96. The van der Waals surface area contributed by atoms with E-state index < -0.39 is 11.9 Å². The third-order valence-corrected chi connectivity index (χ3v) is 7.99. The molecule has 0 saturated carbocycles. The van der Waals surface area contributed by atoms with E-state index in [1.807, 2.05) is 99.6 Å². The van der Waals surface area contributed by atoms with Gasteiger partial charge in [-0.15, -0.1) is 0 Å². The normalized spacial score (nSPS) is 19.6. The maximum atomic E-state index is 14.0. The van der Waals surface area contributed by atoms with E-state index in [0.29, 0.717) is 53.5 Å². The van der Waals surface area contributed by atoms with E-state index >= 15 is 0 Å². The molecule has 0 bridgehead atoms. The molecule has 1 aliphatic carbocycles. The Morgan fingerprint density at radius 3 is 2.42 bits per heavy atom. The quantitative estimate of drug-likeness (QED) is 0.290. The van der Waals surface area contributed by atoms with Crippen molar-refractivity contribution in [2.24, 2.45) is 0 Å². The Morgan fingerprint density at radius 2 is 1.70 bits per heavy atom. The zero-order valence-electron chi connectivity index (χ0n) is 23.1. The molecular weight excluding hydrogens is 522 g/mol. The maximum Gasteiger partial charge on any atom is 0.337 e. The monoisotopic (exact) mass is 555 g/mol. The fourth-order valence-electron chi connectivity index (χ4n) is 5.51. The zero-order valence-corrected chi connectivity index (χ0v) is 23.8. The van der Waals surface area contributed by atoms with E-state index in [4.69, 9.17) is 21.1 Å². The van der Waals surface area contributed by atoms with Crippen LogP contribution in [0.5, 0.6) is 5.75 Å². The molecule has 2 aliphatic rings. The van der Waals surface area contributed by atoms with Gasteiger partial charge in [0.2, 0.25) is 0 Å². The summed E-state index contributed by atoms with van der Waals surface area (Å²) in [5.41, 5.74) is 5.48. The molecule has 0 unspecified atom stereocenters. The van der Waals surface area contributed by atoms with Crippen LogP contribution < -0.4 is 10.1 Å². The van der Waals surface area contributed by atoms with Crippen molar-refractivity contribution in [1.29, 1.82) is 0 Å². The molecule has 0 saturated heterocycles. The van der Waals surface area contributed by atoms with Crippen LogP contribution >= 0.6 is 11.6 Å². The van der Waals surface area contributed by atoms with Gasteiger partial charge in [0.25, 0.3) is 0 Å². The summed E-state index contributed by atoms with van der Waals surface area (Å²) < 4.78 is 12.1. The lowest BCUT2D eigenvalue weighted by molar-refractivity contribution is -0.144. The number of carbonyl (C=O) groups is 2. The first-order chi connectivity index (χ1) is 19.4. The summed E-state index contributed by atoms with van der Waals surface area (Å²) in [5.74, 6) is -0.347. The predicted octanol–water partition coefficient (Wildman–Crippen LogP) is 7.62. The zero-order chi connectivity index (χ0) is 28.2. The Morgan fingerprint density at radius 1 is 1.00 bits per heavy atom. The first-order valence-electron chi connectivity index (χ1n) is 13.8. The van der Waals surface area contributed by atoms with E-state index in [2.05, 4.69) is 5.32 Å². The summed E-state index contributed by atoms with van der Waals surface area (Å²) >= 11 is 6.12. The minimum Gasteiger partial charge on any atom is -0.489 e. The van der Waals surface area contributed by atoms with Crippen LogP contribution in [0.15, 0.2) is 101 Å². The van der Waals surface area contributed by atoms with Gasteiger partial charge in [-0.25, -0.2) is 4.79 Å². The van der Waals surface area contributed by atoms with Crippen molar-refractivity contribution in [3.63, 3.8) is 0 Å². The van der Waals surface area contributed by atoms with Gasteiger partial charge < -0.3 is 14.8 Å². The van der Waals surface area contributed by atoms with Crippen LogP contribution in [0, 0.1) is 0 Å². The Labute approximate surface area is 240 Å². The second-order valence-corrected chi connectivity index (χ2v) is 10.9. The van der Waals surface area contributed by atoms with E-state index in [0.717, 1.165) is 22.4 Å². The summed E-state index contributed by atoms with van der Waals surface area (Å²) in [6.07, 6.45) is 1.45. The second-order valence-electron chi connectivity index (χ2n) is 10.5. The van der Waals surface area contributed by atoms with Crippen molar-refractivity contribution >= 4 is 23.4 Å². The van der Waals surface area contributed by atoms with Crippen LogP contribution in [-0.2, 0) is 20.9 Å².